The van der Waals surface area contributed by atoms with Crippen molar-refractivity contribution in [1.29, 1.82) is 0 Å². The molecule has 1 heterocycles. The van der Waals surface area contributed by atoms with Gasteiger partial charge in [0.05, 0.1) is 6.42 Å². The molecule has 0 fully saturated rings. The van der Waals surface area contributed by atoms with E-state index in [2.05, 4.69) is 0 Å². The van der Waals surface area contributed by atoms with Crippen LogP contribution in [0.3, 0.4) is 0 Å². The Hall–Kier alpha value is -1.81. The first-order valence-corrected chi connectivity index (χ1v) is 4.97. The van der Waals surface area contributed by atoms with Crippen LogP contribution in [0, 0.1) is 6.92 Å². The Morgan fingerprint density at radius 1 is 1.44 bits per heavy atom. The number of aliphatic carboxylic acids is 1. The van der Waals surface area contributed by atoms with Crippen molar-refractivity contribution in [3.63, 3.8) is 0 Å². The molecular weight excluding hydrogens is 208 g/mol. The molecule has 16 heavy (non-hydrogen) atoms. The third kappa shape index (κ3) is 1.79. The molecule has 0 aliphatic rings. The van der Waals surface area contributed by atoms with Crippen molar-refractivity contribution in [2.45, 2.75) is 19.4 Å². The lowest BCUT2D eigenvalue weighted by Gasteiger charge is -2.04. The summed E-state index contributed by atoms with van der Waals surface area (Å²) in [7, 11) is 0. The van der Waals surface area contributed by atoms with Crippen molar-refractivity contribution in [3.8, 4) is 0 Å². The van der Waals surface area contributed by atoms with E-state index < -0.39 is 12.1 Å². The number of benzene rings is 1. The van der Waals surface area contributed by atoms with Gasteiger partial charge in [-0.25, -0.2) is 0 Å². The van der Waals surface area contributed by atoms with Crippen LogP contribution < -0.4 is 0 Å². The van der Waals surface area contributed by atoms with Gasteiger partial charge in [-0.15, -0.1) is 0 Å². The van der Waals surface area contributed by atoms with E-state index in [1.165, 1.54) is 0 Å². The SMILES string of the molecule is Cc1c([C@H](O)CC(=O)O)oc2ccccc12. The lowest BCUT2D eigenvalue weighted by atomic mass is 10.1. The van der Waals surface area contributed by atoms with Crippen molar-refractivity contribution >= 4 is 16.9 Å². The minimum Gasteiger partial charge on any atom is -0.481 e. The minimum atomic E-state index is -1.09. The molecule has 0 aliphatic carbocycles. The lowest BCUT2D eigenvalue weighted by molar-refractivity contribution is -0.139. The molecule has 0 spiro atoms. The molecule has 0 aliphatic heterocycles. The van der Waals surface area contributed by atoms with Gasteiger partial charge in [-0.2, -0.15) is 0 Å². The Kier molecular flexibility index (Phi) is 2.66. The van der Waals surface area contributed by atoms with Crippen LogP contribution in [0.2, 0.25) is 0 Å². The Balaban J connectivity index is 2.45. The zero-order valence-electron chi connectivity index (χ0n) is 8.80. The number of para-hydroxylation sites is 1. The van der Waals surface area contributed by atoms with Gasteiger partial charge in [-0.05, 0) is 13.0 Å². The van der Waals surface area contributed by atoms with Gasteiger partial charge in [-0.3, -0.25) is 4.79 Å². The van der Waals surface area contributed by atoms with Crippen LogP contribution in [-0.2, 0) is 4.79 Å². The first-order valence-electron chi connectivity index (χ1n) is 4.97. The average Bonchev–Trinajstić information content (AvgIpc) is 2.56. The minimum absolute atomic E-state index is 0.337. The zero-order valence-corrected chi connectivity index (χ0v) is 8.80. The van der Waals surface area contributed by atoms with E-state index in [0.717, 1.165) is 10.9 Å². The maximum atomic E-state index is 10.5. The van der Waals surface area contributed by atoms with E-state index in [4.69, 9.17) is 9.52 Å². The van der Waals surface area contributed by atoms with Crippen molar-refractivity contribution < 1.29 is 19.4 Å². The van der Waals surface area contributed by atoms with Crippen molar-refractivity contribution in [2.75, 3.05) is 0 Å². The summed E-state index contributed by atoms with van der Waals surface area (Å²) in [5, 5.41) is 19.2. The zero-order chi connectivity index (χ0) is 11.7. The van der Waals surface area contributed by atoms with Gasteiger partial charge >= 0.3 is 5.97 Å². The van der Waals surface area contributed by atoms with E-state index in [9.17, 15) is 9.90 Å². The summed E-state index contributed by atoms with van der Waals surface area (Å²) in [6.07, 6.45) is -1.44. The third-order valence-corrected chi connectivity index (χ3v) is 2.55. The number of fused-ring (bicyclic) bond motifs is 1. The molecule has 2 N–H and O–H groups in total. The highest BCUT2D eigenvalue weighted by Gasteiger charge is 2.20. The van der Waals surface area contributed by atoms with Crippen LogP contribution in [0.4, 0.5) is 0 Å². The largest absolute Gasteiger partial charge is 0.481 e. The Morgan fingerprint density at radius 3 is 2.75 bits per heavy atom. The van der Waals surface area contributed by atoms with Gasteiger partial charge < -0.3 is 14.6 Å². The van der Waals surface area contributed by atoms with Gasteiger partial charge in [0.25, 0.3) is 0 Å². The number of rotatable bonds is 3. The fourth-order valence-electron chi connectivity index (χ4n) is 1.77. The number of aryl methyl sites for hydroxylation is 1. The van der Waals surface area contributed by atoms with Crippen molar-refractivity contribution in [1.82, 2.24) is 0 Å². The second-order valence-corrected chi connectivity index (χ2v) is 3.70. The molecular formula is C12H12O4. The quantitative estimate of drug-likeness (QED) is 0.832. The van der Waals surface area contributed by atoms with Crippen LogP contribution in [0.15, 0.2) is 28.7 Å². The normalized spacial score (nSPS) is 12.9. The molecule has 84 valence electrons. The molecule has 1 atom stereocenters. The number of hydrogen-bond acceptors (Lipinski definition) is 3. The third-order valence-electron chi connectivity index (χ3n) is 2.55. The van der Waals surface area contributed by atoms with E-state index in [0.29, 0.717) is 11.3 Å². The van der Waals surface area contributed by atoms with Crippen LogP contribution in [0.5, 0.6) is 0 Å². The number of carboxylic acids is 1. The number of carbonyl (C=O) groups is 1. The highest BCUT2D eigenvalue weighted by Crippen LogP contribution is 2.30. The van der Waals surface area contributed by atoms with Gasteiger partial charge in [0.1, 0.15) is 17.4 Å². The highest BCUT2D eigenvalue weighted by molar-refractivity contribution is 5.82. The first-order chi connectivity index (χ1) is 7.59. The number of aliphatic hydroxyl groups is 1. The molecule has 2 rings (SSSR count). The summed E-state index contributed by atoms with van der Waals surface area (Å²) in [6, 6.07) is 7.38. The Morgan fingerprint density at radius 2 is 2.12 bits per heavy atom. The molecule has 1 aromatic heterocycles. The molecule has 4 heteroatoms. The number of hydrogen-bond donors (Lipinski definition) is 2. The van der Waals surface area contributed by atoms with Crippen molar-refractivity contribution in [3.05, 3.63) is 35.6 Å². The van der Waals surface area contributed by atoms with Gasteiger partial charge in [0.2, 0.25) is 0 Å². The Bertz CT molecular complexity index is 527. The van der Waals surface area contributed by atoms with Crippen molar-refractivity contribution in [2.24, 2.45) is 0 Å². The maximum Gasteiger partial charge on any atom is 0.306 e. The molecule has 0 saturated heterocycles. The van der Waals surface area contributed by atoms with Crippen LogP contribution in [0.1, 0.15) is 23.8 Å². The van der Waals surface area contributed by atoms with Crippen LogP contribution in [-0.4, -0.2) is 16.2 Å². The number of furan rings is 1. The standard InChI is InChI=1S/C12H12O4/c1-7-8-4-2-3-5-10(8)16-12(7)9(13)6-11(14)15/h2-5,9,13H,6H2,1H3,(H,14,15)/t9-/m1/s1. The second kappa shape index (κ2) is 3.98. The Labute approximate surface area is 92.1 Å². The monoisotopic (exact) mass is 220 g/mol. The second-order valence-electron chi connectivity index (χ2n) is 3.70. The average molecular weight is 220 g/mol. The summed E-state index contributed by atoms with van der Waals surface area (Å²) in [5.41, 5.74) is 1.46. The molecule has 0 unspecified atom stereocenters. The molecule has 0 radical (unpaired) electrons. The van der Waals surface area contributed by atoms with Gasteiger partial charge in [-0.1, -0.05) is 18.2 Å². The van der Waals surface area contributed by atoms with E-state index in [1.54, 1.807) is 6.07 Å². The summed E-state index contributed by atoms with van der Waals surface area (Å²) in [4.78, 5) is 10.5. The molecule has 4 nitrogen and oxygen atoms in total. The molecule has 2 aromatic rings. The van der Waals surface area contributed by atoms with Crippen LogP contribution >= 0.6 is 0 Å². The van der Waals surface area contributed by atoms with Crippen LogP contribution in [0.25, 0.3) is 11.0 Å². The number of aliphatic hydroxyl groups excluding tert-OH is 1. The molecule has 0 saturated carbocycles. The summed E-state index contributed by atoms with van der Waals surface area (Å²) < 4.78 is 5.45. The number of carboxylic acid groups (broad SMARTS) is 1. The molecule has 0 amide bonds. The predicted octanol–water partition coefficient (Wildman–Crippen LogP) is 2.25. The smallest absolute Gasteiger partial charge is 0.306 e. The molecule has 1 aromatic carbocycles. The van der Waals surface area contributed by atoms with Gasteiger partial charge in [0, 0.05) is 10.9 Å². The fourth-order valence-corrected chi connectivity index (χ4v) is 1.77. The summed E-state index contributed by atoms with van der Waals surface area (Å²) in [5.74, 6) is -0.712. The summed E-state index contributed by atoms with van der Waals surface area (Å²) >= 11 is 0. The maximum absolute atomic E-state index is 10.5. The fraction of sp³-hybridized carbons (Fsp3) is 0.250. The lowest BCUT2D eigenvalue weighted by Crippen LogP contribution is -2.05. The van der Waals surface area contributed by atoms with E-state index in [1.807, 2.05) is 25.1 Å². The van der Waals surface area contributed by atoms with E-state index >= 15 is 0 Å². The first kappa shape index (κ1) is 10.7. The molecule has 0 bridgehead atoms. The summed E-state index contributed by atoms with van der Waals surface area (Å²) in [6.45, 7) is 1.81. The van der Waals surface area contributed by atoms with Gasteiger partial charge in [0.15, 0.2) is 0 Å². The predicted molar refractivity (Wildman–Crippen MR) is 58.2 cm³/mol. The highest BCUT2D eigenvalue weighted by atomic mass is 16.4. The van der Waals surface area contributed by atoms with E-state index in [-0.39, 0.29) is 6.42 Å². The topological polar surface area (TPSA) is 70.7 Å².